The number of benzene rings is 2. The molecule has 7 nitrogen and oxygen atoms in total. The molecule has 0 saturated heterocycles. The molecule has 2 rings (SSSR count). The summed E-state index contributed by atoms with van der Waals surface area (Å²) in [6.07, 6.45) is -0.295. The van der Waals surface area contributed by atoms with Crippen LogP contribution in [0.25, 0.3) is 0 Å². The summed E-state index contributed by atoms with van der Waals surface area (Å²) in [4.78, 5) is 42.3. The summed E-state index contributed by atoms with van der Waals surface area (Å²) < 4.78 is 5.44. The Morgan fingerprint density at radius 2 is 1.63 bits per heavy atom. The number of carbonyl (C=O) groups excluding carboxylic acids is 3. The normalized spacial score (nSPS) is 13.2. The Kier molecular flexibility index (Phi) is 10.8. The van der Waals surface area contributed by atoms with E-state index >= 15 is 0 Å². The van der Waals surface area contributed by atoms with Crippen LogP contribution < -0.4 is 10.6 Å². The quantitative estimate of drug-likeness (QED) is 0.363. The van der Waals surface area contributed by atoms with Crippen LogP contribution in [0.1, 0.15) is 77.6 Å². The van der Waals surface area contributed by atoms with Crippen molar-refractivity contribution in [2.24, 2.45) is 5.92 Å². The van der Waals surface area contributed by atoms with Crippen molar-refractivity contribution in [2.75, 3.05) is 5.32 Å². The molecule has 0 aliphatic carbocycles. The number of rotatable bonds is 9. The average Bonchev–Trinajstić information content (AvgIpc) is 2.77. The van der Waals surface area contributed by atoms with Crippen LogP contribution in [-0.4, -0.2) is 40.5 Å². The highest BCUT2D eigenvalue weighted by molar-refractivity contribution is 6.34. The number of alkyl carbamates (subject to hydrolysis) is 1. The van der Waals surface area contributed by atoms with Crippen LogP contribution in [-0.2, 0) is 14.3 Å². The maximum atomic E-state index is 14.2. The molecule has 0 aliphatic rings. The summed E-state index contributed by atoms with van der Waals surface area (Å²) in [5.41, 5.74) is 2.20. The highest BCUT2D eigenvalue weighted by Gasteiger charge is 2.38. The van der Waals surface area contributed by atoms with E-state index in [1.165, 1.54) is 0 Å². The van der Waals surface area contributed by atoms with Crippen molar-refractivity contribution in [3.63, 3.8) is 0 Å². The average molecular weight is 544 g/mol. The van der Waals surface area contributed by atoms with Gasteiger partial charge in [0.15, 0.2) is 0 Å². The number of ether oxygens (including phenoxy) is 1. The molecule has 0 aromatic heterocycles. The third-order valence-corrected chi connectivity index (χ3v) is 6.18. The molecule has 0 spiro atoms. The van der Waals surface area contributed by atoms with E-state index in [0.29, 0.717) is 22.7 Å². The zero-order chi connectivity index (χ0) is 28.8. The fourth-order valence-corrected chi connectivity index (χ4v) is 4.53. The summed E-state index contributed by atoms with van der Waals surface area (Å²) in [6, 6.07) is 10.7. The van der Waals surface area contributed by atoms with Crippen molar-refractivity contribution in [3.8, 4) is 0 Å². The fourth-order valence-electron chi connectivity index (χ4n) is 4.26. The van der Waals surface area contributed by atoms with E-state index in [9.17, 15) is 14.4 Å². The van der Waals surface area contributed by atoms with Gasteiger partial charge in [-0.3, -0.25) is 9.59 Å². The van der Waals surface area contributed by atoms with Crippen LogP contribution in [0.2, 0.25) is 5.02 Å². The molecule has 2 atom stereocenters. The number of anilines is 1. The molecular formula is C30H42ClN3O4. The molecule has 0 bridgehead atoms. The predicted molar refractivity (Wildman–Crippen MR) is 153 cm³/mol. The smallest absolute Gasteiger partial charge is 0.408 e. The minimum Gasteiger partial charge on any atom is -0.444 e. The minimum atomic E-state index is -0.965. The SMILES string of the molecule is Cc1cccc(C(C(=O)Nc2c(C)cccc2Cl)N(C(=O)C(CC(C)C)NC(=O)OC(C)(C)C)C(C)C)c1. The van der Waals surface area contributed by atoms with Gasteiger partial charge in [0, 0.05) is 6.04 Å². The molecular weight excluding hydrogens is 502 g/mol. The van der Waals surface area contributed by atoms with Gasteiger partial charge < -0.3 is 20.3 Å². The molecule has 0 radical (unpaired) electrons. The molecule has 2 aromatic carbocycles. The highest BCUT2D eigenvalue weighted by Crippen LogP contribution is 2.31. The number of para-hydroxylation sites is 1. The number of amides is 3. The zero-order valence-electron chi connectivity index (χ0n) is 24.0. The van der Waals surface area contributed by atoms with Gasteiger partial charge in [0.1, 0.15) is 17.7 Å². The Hall–Kier alpha value is -3.06. The zero-order valence-corrected chi connectivity index (χ0v) is 24.8. The Morgan fingerprint density at radius 3 is 2.16 bits per heavy atom. The lowest BCUT2D eigenvalue weighted by molar-refractivity contribution is -0.143. The Balaban J connectivity index is 2.56. The minimum absolute atomic E-state index is 0.102. The van der Waals surface area contributed by atoms with Crippen molar-refractivity contribution in [2.45, 2.75) is 92.5 Å². The summed E-state index contributed by atoms with van der Waals surface area (Å²) in [5, 5.41) is 6.13. The first-order valence-corrected chi connectivity index (χ1v) is 13.4. The number of nitrogens with one attached hydrogen (secondary N) is 2. The number of aryl methyl sites for hydroxylation is 2. The van der Waals surface area contributed by atoms with Gasteiger partial charge >= 0.3 is 6.09 Å². The van der Waals surface area contributed by atoms with Crippen molar-refractivity contribution >= 4 is 35.2 Å². The van der Waals surface area contributed by atoms with Crippen LogP contribution in [0.5, 0.6) is 0 Å². The fraction of sp³-hybridized carbons (Fsp3) is 0.500. The maximum absolute atomic E-state index is 14.2. The van der Waals surface area contributed by atoms with Crippen molar-refractivity contribution < 1.29 is 19.1 Å². The molecule has 2 aromatic rings. The van der Waals surface area contributed by atoms with Crippen molar-refractivity contribution in [1.29, 1.82) is 0 Å². The molecule has 0 fully saturated rings. The van der Waals surface area contributed by atoms with Gasteiger partial charge in [-0.1, -0.05) is 67.4 Å². The third-order valence-electron chi connectivity index (χ3n) is 5.86. The van der Waals surface area contributed by atoms with Crippen LogP contribution >= 0.6 is 11.6 Å². The van der Waals surface area contributed by atoms with Gasteiger partial charge in [0.25, 0.3) is 5.91 Å². The van der Waals surface area contributed by atoms with E-state index in [1.807, 2.05) is 77.9 Å². The number of halogens is 1. The van der Waals surface area contributed by atoms with E-state index < -0.39 is 29.7 Å². The standard InChI is InChI=1S/C30H42ClN3O4/c1-18(2)16-24(32-29(37)38-30(7,8)9)28(36)34(19(3)4)26(22-14-10-12-20(5)17-22)27(35)33-25-21(6)13-11-15-23(25)31/h10-15,17-19,24,26H,16H2,1-9H3,(H,32,37)(H,33,35). The second-order valence-corrected chi connectivity index (χ2v) is 11.8. The lowest BCUT2D eigenvalue weighted by atomic mass is 9.97. The lowest BCUT2D eigenvalue weighted by Crippen LogP contribution is -2.54. The van der Waals surface area contributed by atoms with E-state index in [4.69, 9.17) is 16.3 Å². The molecule has 0 heterocycles. The monoisotopic (exact) mass is 543 g/mol. The third kappa shape index (κ3) is 8.76. The topological polar surface area (TPSA) is 87.7 Å². The van der Waals surface area contributed by atoms with Crippen LogP contribution in [0.15, 0.2) is 42.5 Å². The lowest BCUT2D eigenvalue weighted by Gasteiger charge is -2.37. The van der Waals surface area contributed by atoms with E-state index in [0.717, 1.165) is 11.1 Å². The van der Waals surface area contributed by atoms with Crippen molar-refractivity contribution in [3.05, 3.63) is 64.2 Å². The van der Waals surface area contributed by atoms with E-state index in [2.05, 4.69) is 10.6 Å². The largest absolute Gasteiger partial charge is 0.444 e. The van der Waals surface area contributed by atoms with Gasteiger partial charge in [-0.25, -0.2) is 4.79 Å². The van der Waals surface area contributed by atoms with Crippen LogP contribution in [0.3, 0.4) is 0 Å². The molecule has 208 valence electrons. The van der Waals surface area contributed by atoms with E-state index in [1.54, 1.807) is 31.7 Å². The van der Waals surface area contributed by atoms with Crippen molar-refractivity contribution in [1.82, 2.24) is 10.2 Å². The molecule has 2 N–H and O–H groups in total. The number of hydrogen-bond acceptors (Lipinski definition) is 4. The maximum Gasteiger partial charge on any atom is 0.408 e. The first-order chi connectivity index (χ1) is 17.6. The molecule has 2 unspecified atom stereocenters. The molecule has 0 saturated carbocycles. The second-order valence-electron chi connectivity index (χ2n) is 11.4. The van der Waals surface area contributed by atoms with Crippen LogP contribution in [0.4, 0.5) is 10.5 Å². The molecule has 8 heteroatoms. The van der Waals surface area contributed by atoms with Gasteiger partial charge in [-0.05, 0) is 78.0 Å². The molecule has 38 heavy (non-hydrogen) atoms. The summed E-state index contributed by atoms with van der Waals surface area (Å²) in [5.74, 6) is -0.656. The van der Waals surface area contributed by atoms with Gasteiger partial charge in [0.05, 0.1) is 10.7 Å². The first kappa shape index (κ1) is 31.2. The summed E-state index contributed by atoms with van der Waals surface area (Å²) in [6.45, 7) is 16.7. The number of carbonyl (C=O) groups is 3. The second kappa shape index (κ2) is 13.1. The van der Waals surface area contributed by atoms with E-state index in [-0.39, 0.29) is 17.9 Å². The highest BCUT2D eigenvalue weighted by atomic mass is 35.5. The first-order valence-electron chi connectivity index (χ1n) is 13.0. The Morgan fingerprint density at radius 1 is 1.00 bits per heavy atom. The van der Waals surface area contributed by atoms with Gasteiger partial charge in [0.2, 0.25) is 5.91 Å². The van der Waals surface area contributed by atoms with Gasteiger partial charge in [-0.15, -0.1) is 0 Å². The number of nitrogens with zero attached hydrogens (tertiary/aromatic N) is 1. The predicted octanol–water partition coefficient (Wildman–Crippen LogP) is 6.81. The summed E-state index contributed by atoms with van der Waals surface area (Å²) >= 11 is 6.42. The molecule has 3 amide bonds. The Bertz CT molecular complexity index is 1120. The van der Waals surface area contributed by atoms with Crippen LogP contribution in [0, 0.1) is 19.8 Å². The number of hydrogen-bond donors (Lipinski definition) is 2. The molecule has 0 aliphatic heterocycles. The van der Waals surface area contributed by atoms with Gasteiger partial charge in [-0.2, -0.15) is 0 Å². The Labute approximate surface area is 232 Å². The summed E-state index contributed by atoms with van der Waals surface area (Å²) in [7, 11) is 0.